The summed E-state index contributed by atoms with van der Waals surface area (Å²) in [6.45, 7) is 5.62. The van der Waals surface area contributed by atoms with Gasteiger partial charge in [0.15, 0.2) is 0 Å². The van der Waals surface area contributed by atoms with Gasteiger partial charge in [-0.1, -0.05) is 30.8 Å². The number of esters is 1. The predicted molar refractivity (Wildman–Crippen MR) is 98.1 cm³/mol. The average molecular weight is 336 g/mol. The van der Waals surface area contributed by atoms with Crippen LogP contribution in [0.25, 0.3) is 0 Å². The number of ether oxygens (including phenoxy) is 1. The fourth-order valence-corrected chi connectivity index (χ4v) is 7.07. The summed E-state index contributed by atoms with van der Waals surface area (Å²) in [5.74, 6) is 2.38. The topological polar surface area (TPSA) is 26.3 Å². The van der Waals surface area contributed by atoms with Crippen LogP contribution in [0.5, 0.6) is 0 Å². The van der Waals surface area contributed by atoms with Gasteiger partial charge in [-0.2, -0.15) is 0 Å². The van der Waals surface area contributed by atoms with Crippen molar-refractivity contribution in [2.45, 2.75) is 63.9 Å². The maximum Gasteiger partial charge on any atom is 0.333 e. The molecule has 0 N–H and O–H groups in total. The summed E-state index contributed by atoms with van der Waals surface area (Å²) < 4.78 is 6.39. The standard InChI is InChI=1S/C23H28O2/c1-15(2)21(24)25-23(13-19-5-3-4-6-20(19)14-23)22-10-16-7-17(11-22)9-18(8-16)12-22/h3-6,16-18H,1,7-14H2,2H3. The summed E-state index contributed by atoms with van der Waals surface area (Å²) in [4.78, 5) is 12.6. The van der Waals surface area contributed by atoms with Crippen molar-refractivity contribution in [3.8, 4) is 0 Å². The molecule has 0 amide bonds. The van der Waals surface area contributed by atoms with Crippen molar-refractivity contribution in [2.24, 2.45) is 23.2 Å². The summed E-state index contributed by atoms with van der Waals surface area (Å²) in [5, 5.41) is 0. The van der Waals surface area contributed by atoms with E-state index in [-0.39, 0.29) is 17.0 Å². The molecule has 0 radical (unpaired) electrons. The average Bonchev–Trinajstić information content (AvgIpc) is 2.93. The molecule has 0 atom stereocenters. The first-order valence-electron chi connectivity index (χ1n) is 9.94. The van der Waals surface area contributed by atoms with Gasteiger partial charge < -0.3 is 4.74 Å². The fraction of sp³-hybridized carbons (Fsp3) is 0.609. The fourth-order valence-electron chi connectivity index (χ4n) is 7.07. The molecule has 4 saturated carbocycles. The minimum atomic E-state index is -0.345. The molecule has 6 rings (SSSR count). The normalized spacial score (nSPS) is 36.9. The van der Waals surface area contributed by atoms with E-state index in [9.17, 15) is 4.79 Å². The van der Waals surface area contributed by atoms with Crippen LogP contribution >= 0.6 is 0 Å². The van der Waals surface area contributed by atoms with E-state index in [0.717, 1.165) is 30.6 Å². The first kappa shape index (κ1) is 15.7. The third-order valence-corrected chi connectivity index (χ3v) is 7.71. The van der Waals surface area contributed by atoms with E-state index in [4.69, 9.17) is 4.74 Å². The monoisotopic (exact) mass is 336 g/mol. The highest BCUT2D eigenvalue weighted by Crippen LogP contribution is 2.66. The highest BCUT2D eigenvalue weighted by Gasteiger charge is 2.63. The van der Waals surface area contributed by atoms with Gasteiger partial charge in [-0.15, -0.1) is 0 Å². The van der Waals surface area contributed by atoms with E-state index in [2.05, 4.69) is 30.8 Å². The van der Waals surface area contributed by atoms with Gasteiger partial charge >= 0.3 is 5.97 Å². The van der Waals surface area contributed by atoms with Crippen molar-refractivity contribution >= 4 is 5.97 Å². The first-order valence-corrected chi connectivity index (χ1v) is 9.94. The molecule has 4 fully saturated rings. The molecule has 1 aromatic carbocycles. The van der Waals surface area contributed by atoms with Crippen molar-refractivity contribution in [3.05, 3.63) is 47.5 Å². The van der Waals surface area contributed by atoms with Gasteiger partial charge in [-0.25, -0.2) is 4.79 Å². The van der Waals surface area contributed by atoms with Gasteiger partial charge in [0.25, 0.3) is 0 Å². The summed E-state index contributed by atoms with van der Waals surface area (Å²) in [7, 11) is 0. The van der Waals surface area contributed by atoms with Crippen molar-refractivity contribution in [2.75, 3.05) is 0 Å². The lowest BCUT2D eigenvalue weighted by atomic mass is 9.45. The summed E-state index contributed by atoms with van der Waals surface area (Å²) in [6.07, 6.45) is 9.82. The van der Waals surface area contributed by atoms with E-state index in [0.29, 0.717) is 5.57 Å². The number of hydrogen-bond donors (Lipinski definition) is 0. The van der Waals surface area contributed by atoms with Gasteiger partial charge in [-0.05, 0) is 74.3 Å². The zero-order valence-corrected chi connectivity index (χ0v) is 15.2. The number of hydrogen-bond acceptors (Lipinski definition) is 2. The number of carbonyl (C=O) groups excluding carboxylic acids is 1. The van der Waals surface area contributed by atoms with Gasteiger partial charge in [0.2, 0.25) is 0 Å². The van der Waals surface area contributed by atoms with Crippen LogP contribution in [0.4, 0.5) is 0 Å². The van der Waals surface area contributed by atoms with Crippen molar-refractivity contribution < 1.29 is 9.53 Å². The Hall–Kier alpha value is -1.57. The molecular weight excluding hydrogens is 308 g/mol. The molecule has 0 aromatic heterocycles. The molecule has 5 aliphatic carbocycles. The van der Waals surface area contributed by atoms with Gasteiger partial charge in [-0.3, -0.25) is 0 Å². The Balaban J connectivity index is 1.57. The van der Waals surface area contributed by atoms with Crippen molar-refractivity contribution in [1.82, 2.24) is 0 Å². The Morgan fingerprint density at radius 1 is 1.00 bits per heavy atom. The van der Waals surface area contributed by atoms with Crippen LogP contribution in [-0.4, -0.2) is 11.6 Å². The maximum atomic E-state index is 12.6. The van der Waals surface area contributed by atoms with E-state index in [1.165, 1.54) is 49.7 Å². The molecule has 2 heteroatoms. The van der Waals surface area contributed by atoms with Crippen molar-refractivity contribution in [1.29, 1.82) is 0 Å². The molecule has 0 aliphatic heterocycles. The highest BCUT2D eigenvalue weighted by atomic mass is 16.6. The molecule has 5 aliphatic rings. The maximum absolute atomic E-state index is 12.6. The predicted octanol–water partition coefficient (Wildman–Crippen LogP) is 4.86. The van der Waals surface area contributed by atoms with Crippen LogP contribution < -0.4 is 0 Å². The van der Waals surface area contributed by atoms with Crippen molar-refractivity contribution in [3.63, 3.8) is 0 Å². The first-order chi connectivity index (χ1) is 12.0. The largest absolute Gasteiger partial charge is 0.454 e. The summed E-state index contributed by atoms with van der Waals surface area (Å²) >= 11 is 0. The van der Waals surface area contributed by atoms with Crippen LogP contribution in [0, 0.1) is 23.2 Å². The van der Waals surface area contributed by atoms with E-state index >= 15 is 0 Å². The Kier molecular flexibility index (Phi) is 3.27. The molecule has 25 heavy (non-hydrogen) atoms. The third-order valence-electron chi connectivity index (χ3n) is 7.71. The number of benzene rings is 1. The SMILES string of the molecule is C=C(C)C(=O)OC1(C23CC4CC(CC(C4)C2)C3)Cc2ccccc2C1. The molecular formula is C23H28O2. The number of rotatable bonds is 3. The smallest absolute Gasteiger partial charge is 0.333 e. The Labute approximate surface area is 150 Å². The van der Waals surface area contributed by atoms with Crippen LogP contribution in [0.15, 0.2) is 36.4 Å². The molecule has 1 aromatic rings. The summed E-state index contributed by atoms with van der Waals surface area (Å²) in [5.41, 5.74) is 3.13. The second kappa shape index (κ2) is 5.22. The molecule has 4 bridgehead atoms. The molecule has 0 spiro atoms. The van der Waals surface area contributed by atoms with Gasteiger partial charge in [0.1, 0.15) is 5.60 Å². The third kappa shape index (κ3) is 2.26. The zero-order chi connectivity index (χ0) is 17.2. The molecule has 2 nitrogen and oxygen atoms in total. The Morgan fingerprint density at radius 3 is 1.92 bits per heavy atom. The van der Waals surface area contributed by atoms with E-state index in [1.807, 2.05) is 0 Å². The van der Waals surface area contributed by atoms with Crippen LogP contribution in [-0.2, 0) is 22.4 Å². The molecule has 132 valence electrons. The van der Waals surface area contributed by atoms with Gasteiger partial charge in [0, 0.05) is 23.8 Å². The lowest BCUT2D eigenvalue weighted by molar-refractivity contribution is -0.203. The van der Waals surface area contributed by atoms with Crippen LogP contribution in [0.3, 0.4) is 0 Å². The highest BCUT2D eigenvalue weighted by molar-refractivity contribution is 5.87. The lowest BCUT2D eigenvalue weighted by Gasteiger charge is -2.62. The second-order valence-electron chi connectivity index (χ2n) is 9.48. The van der Waals surface area contributed by atoms with Crippen LogP contribution in [0.1, 0.15) is 56.6 Å². The minimum Gasteiger partial charge on any atom is -0.454 e. The Morgan fingerprint density at radius 2 is 1.48 bits per heavy atom. The number of carbonyl (C=O) groups is 1. The van der Waals surface area contributed by atoms with Gasteiger partial charge in [0.05, 0.1) is 0 Å². The van der Waals surface area contributed by atoms with E-state index in [1.54, 1.807) is 6.92 Å². The second-order valence-corrected chi connectivity index (χ2v) is 9.48. The zero-order valence-electron chi connectivity index (χ0n) is 15.2. The summed E-state index contributed by atoms with van der Waals surface area (Å²) in [6, 6.07) is 8.70. The van der Waals surface area contributed by atoms with E-state index < -0.39 is 0 Å². The minimum absolute atomic E-state index is 0.186. The molecule has 0 unspecified atom stereocenters. The number of fused-ring (bicyclic) bond motifs is 1. The quantitative estimate of drug-likeness (QED) is 0.582. The Bertz CT molecular complexity index is 684. The lowest BCUT2D eigenvalue weighted by Crippen LogP contribution is -2.60. The molecule has 0 heterocycles. The van der Waals surface area contributed by atoms with Crippen LogP contribution in [0.2, 0.25) is 0 Å². The molecule has 0 saturated heterocycles.